The Morgan fingerprint density at radius 1 is 1.10 bits per heavy atom. The highest BCUT2D eigenvalue weighted by atomic mass is 35.5. The molecule has 1 amide bonds. The molecule has 31 heavy (non-hydrogen) atoms. The van der Waals surface area contributed by atoms with Gasteiger partial charge in [-0.25, -0.2) is 4.98 Å². The van der Waals surface area contributed by atoms with E-state index in [9.17, 15) is 4.79 Å². The molecule has 0 aliphatic carbocycles. The number of nitrogens with one attached hydrogen (secondary N) is 1. The van der Waals surface area contributed by atoms with Crippen molar-refractivity contribution in [2.75, 3.05) is 12.4 Å². The third-order valence-electron chi connectivity index (χ3n) is 4.54. The molecule has 1 atom stereocenters. The summed E-state index contributed by atoms with van der Waals surface area (Å²) in [5.41, 5.74) is 2.58. The first-order valence-corrected chi connectivity index (χ1v) is 10.2. The molecule has 4 aromatic rings. The Morgan fingerprint density at radius 2 is 1.94 bits per heavy atom. The van der Waals surface area contributed by atoms with Crippen molar-refractivity contribution < 1.29 is 18.7 Å². The number of hydrogen-bond acceptors (Lipinski definition) is 5. The van der Waals surface area contributed by atoms with Gasteiger partial charge in [0.2, 0.25) is 5.89 Å². The molecule has 4 rings (SSSR count). The minimum absolute atomic E-state index is 0.332. The predicted molar refractivity (Wildman–Crippen MR) is 121 cm³/mol. The number of fused-ring (bicyclic) bond motifs is 1. The number of ether oxygens (including phenoxy) is 2. The number of anilines is 1. The van der Waals surface area contributed by atoms with Crippen LogP contribution in [0.4, 0.5) is 5.69 Å². The molecule has 0 saturated carbocycles. The summed E-state index contributed by atoms with van der Waals surface area (Å²) < 4.78 is 16.7. The lowest BCUT2D eigenvalue weighted by Crippen LogP contribution is -2.30. The first kappa shape index (κ1) is 21.0. The Hall–Kier alpha value is -3.22. The number of carbonyl (C=O) groups is 1. The second kappa shape index (κ2) is 8.88. The van der Waals surface area contributed by atoms with E-state index >= 15 is 0 Å². The van der Waals surface area contributed by atoms with E-state index in [4.69, 9.17) is 37.1 Å². The van der Waals surface area contributed by atoms with Crippen LogP contribution in [-0.2, 0) is 4.79 Å². The van der Waals surface area contributed by atoms with E-state index in [-0.39, 0.29) is 5.91 Å². The fourth-order valence-corrected chi connectivity index (χ4v) is 3.40. The van der Waals surface area contributed by atoms with E-state index in [0.717, 1.165) is 5.56 Å². The predicted octanol–water partition coefficient (Wildman–Crippen LogP) is 6.22. The lowest BCUT2D eigenvalue weighted by Gasteiger charge is -2.15. The number of hydrogen-bond donors (Lipinski definition) is 1. The SMILES string of the molecule is COc1cccc(-c2nc3cc(NC(=O)[C@@H](C)Oc4ccc(Cl)cc4Cl)ccc3o2)c1. The molecule has 0 aliphatic heterocycles. The average molecular weight is 457 g/mol. The standard InChI is InChI=1S/C23H18Cl2N2O4/c1-13(30-20-8-6-15(24)11-18(20)25)22(28)26-16-7-9-21-19(12-16)27-23(31-21)14-4-3-5-17(10-14)29-2/h3-13H,1-2H3,(H,26,28)/t13-/m1/s1. The van der Waals surface area contributed by atoms with Crippen molar-refractivity contribution in [3.05, 3.63) is 70.7 Å². The third-order valence-corrected chi connectivity index (χ3v) is 5.07. The normalized spacial score (nSPS) is 11.9. The maximum atomic E-state index is 12.6. The molecule has 0 saturated heterocycles. The van der Waals surface area contributed by atoms with Crippen LogP contribution in [-0.4, -0.2) is 24.1 Å². The van der Waals surface area contributed by atoms with Gasteiger partial charge in [0.1, 0.15) is 17.0 Å². The highest BCUT2D eigenvalue weighted by Gasteiger charge is 2.17. The molecule has 158 valence electrons. The first-order chi connectivity index (χ1) is 14.9. The molecule has 0 spiro atoms. The van der Waals surface area contributed by atoms with E-state index in [2.05, 4.69) is 10.3 Å². The molecular weight excluding hydrogens is 439 g/mol. The van der Waals surface area contributed by atoms with Gasteiger partial charge in [-0.05, 0) is 61.5 Å². The Kier molecular flexibility index (Phi) is 6.02. The summed E-state index contributed by atoms with van der Waals surface area (Å²) in [5, 5.41) is 3.64. The van der Waals surface area contributed by atoms with Crippen LogP contribution in [0.5, 0.6) is 11.5 Å². The molecule has 0 bridgehead atoms. The summed E-state index contributed by atoms with van der Waals surface area (Å²) >= 11 is 12.0. The van der Waals surface area contributed by atoms with Crippen molar-refractivity contribution in [2.45, 2.75) is 13.0 Å². The molecule has 0 radical (unpaired) electrons. The van der Waals surface area contributed by atoms with E-state index in [0.29, 0.717) is 44.2 Å². The number of rotatable bonds is 6. The fraction of sp³-hybridized carbons (Fsp3) is 0.130. The van der Waals surface area contributed by atoms with Crippen LogP contribution in [0.2, 0.25) is 10.0 Å². The fourth-order valence-electron chi connectivity index (χ4n) is 2.94. The lowest BCUT2D eigenvalue weighted by molar-refractivity contribution is -0.122. The van der Waals surface area contributed by atoms with Crippen molar-refractivity contribution in [3.8, 4) is 23.0 Å². The van der Waals surface area contributed by atoms with Gasteiger partial charge in [0.25, 0.3) is 5.91 Å². The van der Waals surface area contributed by atoms with Crippen LogP contribution in [0.15, 0.2) is 65.1 Å². The van der Waals surface area contributed by atoms with Crippen molar-refractivity contribution in [1.82, 2.24) is 4.98 Å². The molecule has 1 N–H and O–H groups in total. The van der Waals surface area contributed by atoms with Crippen molar-refractivity contribution >= 4 is 45.9 Å². The van der Waals surface area contributed by atoms with Crippen LogP contribution >= 0.6 is 23.2 Å². The third kappa shape index (κ3) is 4.76. The maximum Gasteiger partial charge on any atom is 0.265 e. The zero-order valence-electron chi connectivity index (χ0n) is 16.7. The second-order valence-electron chi connectivity index (χ2n) is 6.76. The Balaban J connectivity index is 1.49. The van der Waals surface area contributed by atoms with Gasteiger partial charge in [-0.3, -0.25) is 4.79 Å². The Morgan fingerprint density at radius 3 is 2.71 bits per heavy atom. The topological polar surface area (TPSA) is 73.6 Å². The molecule has 0 fully saturated rings. The smallest absolute Gasteiger partial charge is 0.265 e. The van der Waals surface area contributed by atoms with Crippen LogP contribution in [0, 0.1) is 0 Å². The monoisotopic (exact) mass is 456 g/mol. The Labute approximate surface area is 188 Å². The van der Waals surface area contributed by atoms with Gasteiger partial charge in [0.05, 0.1) is 12.1 Å². The largest absolute Gasteiger partial charge is 0.497 e. The molecule has 6 nitrogen and oxygen atoms in total. The molecule has 0 aliphatic rings. The number of nitrogens with zero attached hydrogens (tertiary/aromatic N) is 1. The van der Waals surface area contributed by atoms with Gasteiger partial charge >= 0.3 is 0 Å². The van der Waals surface area contributed by atoms with Gasteiger partial charge in [0, 0.05) is 16.3 Å². The van der Waals surface area contributed by atoms with E-state index < -0.39 is 6.10 Å². The zero-order chi connectivity index (χ0) is 22.0. The van der Waals surface area contributed by atoms with Gasteiger partial charge in [-0.15, -0.1) is 0 Å². The van der Waals surface area contributed by atoms with Gasteiger partial charge in [-0.1, -0.05) is 29.3 Å². The summed E-state index contributed by atoms with van der Waals surface area (Å²) in [7, 11) is 1.60. The van der Waals surface area contributed by atoms with Gasteiger partial charge in [-0.2, -0.15) is 0 Å². The summed E-state index contributed by atoms with van der Waals surface area (Å²) in [4.78, 5) is 17.1. The van der Waals surface area contributed by atoms with E-state index in [1.807, 2.05) is 24.3 Å². The van der Waals surface area contributed by atoms with Gasteiger partial charge in [0.15, 0.2) is 11.7 Å². The quantitative estimate of drug-likeness (QED) is 0.372. The second-order valence-corrected chi connectivity index (χ2v) is 7.60. The molecule has 1 aromatic heterocycles. The maximum absolute atomic E-state index is 12.6. The highest BCUT2D eigenvalue weighted by molar-refractivity contribution is 6.35. The lowest BCUT2D eigenvalue weighted by atomic mass is 10.2. The average Bonchev–Trinajstić information content (AvgIpc) is 3.19. The number of carbonyl (C=O) groups excluding carboxylic acids is 1. The summed E-state index contributed by atoms with van der Waals surface area (Å²) in [6, 6.07) is 17.5. The first-order valence-electron chi connectivity index (χ1n) is 9.40. The minimum atomic E-state index is -0.779. The van der Waals surface area contributed by atoms with Crippen LogP contribution in [0.1, 0.15) is 6.92 Å². The summed E-state index contributed by atoms with van der Waals surface area (Å²) in [6.45, 7) is 1.63. The molecule has 1 heterocycles. The van der Waals surface area contributed by atoms with Gasteiger partial charge < -0.3 is 19.2 Å². The Bertz CT molecular complexity index is 1260. The zero-order valence-corrected chi connectivity index (χ0v) is 18.2. The molecule has 0 unspecified atom stereocenters. The minimum Gasteiger partial charge on any atom is -0.497 e. The van der Waals surface area contributed by atoms with Crippen LogP contribution in [0.25, 0.3) is 22.6 Å². The van der Waals surface area contributed by atoms with Crippen molar-refractivity contribution in [2.24, 2.45) is 0 Å². The van der Waals surface area contributed by atoms with Crippen LogP contribution in [0.3, 0.4) is 0 Å². The number of benzene rings is 3. The number of methoxy groups -OCH3 is 1. The van der Waals surface area contributed by atoms with E-state index in [1.54, 1.807) is 50.4 Å². The van der Waals surface area contributed by atoms with Crippen molar-refractivity contribution in [3.63, 3.8) is 0 Å². The number of amides is 1. The molecule has 8 heteroatoms. The number of aromatic nitrogens is 1. The van der Waals surface area contributed by atoms with E-state index in [1.165, 1.54) is 0 Å². The number of halogens is 2. The highest BCUT2D eigenvalue weighted by Crippen LogP contribution is 2.30. The summed E-state index contributed by atoms with van der Waals surface area (Å²) in [6.07, 6.45) is -0.779. The molecular formula is C23H18Cl2N2O4. The summed E-state index contributed by atoms with van der Waals surface area (Å²) in [5.74, 6) is 1.22. The van der Waals surface area contributed by atoms with Crippen molar-refractivity contribution in [1.29, 1.82) is 0 Å². The van der Waals surface area contributed by atoms with Crippen LogP contribution < -0.4 is 14.8 Å². The number of oxazole rings is 1. The molecule has 3 aromatic carbocycles.